The predicted molar refractivity (Wildman–Crippen MR) is 63.8 cm³/mol. The van der Waals surface area contributed by atoms with Crippen LogP contribution in [0.4, 0.5) is 0 Å². The zero-order valence-corrected chi connectivity index (χ0v) is 9.90. The molecule has 88 valence electrons. The second-order valence-corrected chi connectivity index (χ2v) is 4.54. The molecule has 3 heteroatoms. The highest BCUT2D eigenvalue weighted by molar-refractivity contribution is 5.45. The van der Waals surface area contributed by atoms with Gasteiger partial charge in [-0.3, -0.25) is 0 Å². The molecule has 0 spiro atoms. The summed E-state index contributed by atoms with van der Waals surface area (Å²) < 4.78 is 10.7. The van der Waals surface area contributed by atoms with Crippen LogP contribution >= 0.6 is 0 Å². The van der Waals surface area contributed by atoms with E-state index >= 15 is 0 Å². The summed E-state index contributed by atoms with van der Waals surface area (Å²) in [5.74, 6) is 2.79. The molecule has 0 aromatic heterocycles. The second-order valence-electron chi connectivity index (χ2n) is 4.54. The van der Waals surface area contributed by atoms with Gasteiger partial charge in [-0.2, -0.15) is 0 Å². The number of hydrogen-bond donors (Lipinski definition) is 1. The molecule has 0 radical (unpaired) electrons. The number of nitrogens with two attached hydrogens (primary N) is 1. The van der Waals surface area contributed by atoms with Gasteiger partial charge in [0.2, 0.25) is 6.79 Å². The Morgan fingerprint density at radius 2 is 2.00 bits per heavy atom. The van der Waals surface area contributed by atoms with Crippen molar-refractivity contribution in [2.45, 2.75) is 26.2 Å². The summed E-state index contributed by atoms with van der Waals surface area (Å²) in [6.45, 7) is 5.51. The molecule has 16 heavy (non-hydrogen) atoms. The van der Waals surface area contributed by atoms with Crippen LogP contribution in [0, 0.1) is 5.92 Å². The van der Waals surface area contributed by atoms with Crippen molar-refractivity contribution in [1.29, 1.82) is 0 Å². The first kappa shape index (κ1) is 11.3. The van der Waals surface area contributed by atoms with Crippen molar-refractivity contribution in [3.05, 3.63) is 23.8 Å². The lowest BCUT2D eigenvalue weighted by atomic mass is 9.86. The predicted octanol–water partition coefficient (Wildman–Crippen LogP) is 2.50. The average molecular weight is 221 g/mol. The maximum atomic E-state index is 5.66. The van der Waals surface area contributed by atoms with Crippen molar-refractivity contribution < 1.29 is 9.47 Å². The minimum atomic E-state index is 0.335. The van der Waals surface area contributed by atoms with E-state index in [0.717, 1.165) is 24.5 Å². The van der Waals surface area contributed by atoms with Gasteiger partial charge in [0, 0.05) is 0 Å². The van der Waals surface area contributed by atoms with Gasteiger partial charge in [-0.05, 0) is 42.5 Å². The Bertz CT molecular complexity index is 363. The first-order valence-corrected chi connectivity index (χ1v) is 5.82. The van der Waals surface area contributed by atoms with Crippen LogP contribution in [0.3, 0.4) is 0 Å². The quantitative estimate of drug-likeness (QED) is 0.849. The van der Waals surface area contributed by atoms with Crippen LogP contribution in [0.2, 0.25) is 0 Å². The number of fused-ring (bicyclic) bond motifs is 1. The fourth-order valence-electron chi connectivity index (χ4n) is 2.21. The third-order valence-electron chi connectivity index (χ3n) is 3.11. The molecule has 0 aliphatic carbocycles. The van der Waals surface area contributed by atoms with Crippen LogP contribution in [0.25, 0.3) is 0 Å². The molecule has 1 aliphatic heterocycles. The number of hydrogen-bond acceptors (Lipinski definition) is 3. The van der Waals surface area contributed by atoms with Crippen molar-refractivity contribution >= 4 is 0 Å². The monoisotopic (exact) mass is 221 g/mol. The van der Waals surface area contributed by atoms with E-state index in [1.54, 1.807) is 0 Å². The minimum absolute atomic E-state index is 0.335. The van der Waals surface area contributed by atoms with E-state index < -0.39 is 0 Å². The summed E-state index contributed by atoms with van der Waals surface area (Å²) in [4.78, 5) is 0. The first-order chi connectivity index (χ1) is 7.72. The summed E-state index contributed by atoms with van der Waals surface area (Å²) in [6, 6.07) is 6.19. The molecule has 1 aliphatic rings. The lowest BCUT2D eigenvalue weighted by Crippen LogP contribution is -2.12. The molecule has 0 amide bonds. The van der Waals surface area contributed by atoms with Gasteiger partial charge >= 0.3 is 0 Å². The van der Waals surface area contributed by atoms with E-state index in [4.69, 9.17) is 15.2 Å². The highest BCUT2D eigenvalue weighted by atomic mass is 16.7. The topological polar surface area (TPSA) is 44.5 Å². The van der Waals surface area contributed by atoms with Gasteiger partial charge in [0.15, 0.2) is 11.5 Å². The molecule has 0 saturated heterocycles. The molecule has 1 aromatic carbocycles. The third-order valence-corrected chi connectivity index (χ3v) is 3.11. The molecule has 0 fully saturated rings. The zero-order chi connectivity index (χ0) is 11.5. The van der Waals surface area contributed by atoms with E-state index in [9.17, 15) is 0 Å². The Labute approximate surface area is 96.5 Å². The maximum Gasteiger partial charge on any atom is 0.231 e. The Morgan fingerprint density at radius 1 is 1.25 bits per heavy atom. The Hall–Kier alpha value is -1.22. The molecule has 1 atom stereocenters. The van der Waals surface area contributed by atoms with Crippen LogP contribution < -0.4 is 15.2 Å². The van der Waals surface area contributed by atoms with Crippen molar-refractivity contribution in [3.63, 3.8) is 0 Å². The van der Waals surface area contributed by atoms with Gasteiger partial charge in [0.25, 0.3) is 0 Å². The van der Waals surface area contributed by atoms with Crippen LogP contribution in [-0.4, -0.2) is 13.3 Å². The molecular weight excluding hydrogens is 202 g/mol. The number of benzene rings is 1. The maximum absolute atomic E-state index is 5.66. The van der Waals surface area contributed by atoms with Gasteiger partial charge in [0.1, 0.15) is 0 Å². The van der Waals surface area contributed by atoms with Crippen molar-refractivity contribution in [2.75, 3.05) is 13.3 Å². The Morgan fingerprint density at radius 3 is 2.69 bits per heavy atom. The third kappa shape index (κ3) is 2.14. The summed E-state index contributed by atoms with van der Waals surface area (Å²) >= 11 is 0. The van der Waals surface area contributed by atoms with E-state index in [2.05, 4.69) is 26.0 Å². The van der Waals surface area contributed by atoms with Gasteiger partial charge in [-0.15, -0.1) is 0 Å². The van der Waals surface area contributed by atoms with Gasteiger partial charge in [-0.25, -0.2) is 0 Å². The molecular formula is C13H19NO2. The SMILES string of the molecule is CC(C)C(CCN)c1ccc2c(c1)OCO2. The molecule has 0 bridgehead atoms. The molecule has 0 saturated carbocycles. The van der Waals surface area contributed by atoms with Crippen molar-refractivity contribution in [3.8, 4) is 11.5 Å². The molecule has 2 N–H and O–H groups in total. The highest BCUT2D eigenvalue weighted by Crippen LogP contribution is 2.37. The Kier molecular flexibility index (Phi) is 3.34. The van der Waals surface area contributed by atoms with E-state index in [1.807, 2.05) is 6.07 Å². The molecule has 2 rings (SSSR count). The van der Waals surface area contributed by atoms with Gasteiger partial charge < -0.3 is 15.2 Å². The number of ether oxygens (including phenoxy) is 2. The van der Waals surface area contributed by atoms with E-state index in [-0.39, 0.29) is 0 Å². The largest absolute Gasteiger partial charge is 0.454 e. The molecule has 1 aromatic rings. The average Bonchev–Trinajstić information content (AvgIpc) is 2.72. The minimum Gasteiger partial charge on any atom is -0.454 e. The van der Waals surface area contributed by atoms with E-state index in [1.165, 1.54) is 5.56 Å². The smallest absolute Gasteiger partial charge is 0.231 e. The summed E-state index contributed by atoms with van der Waals surface area (Å²) in [5, 5.41) is 0. The van der Waals surface area contributed by atoms with Crippen LogP contribution in [-0.2, 0) is 0 Å². The second kappa shape index (κ2) is 4.74. The fraction of sp³-hybridized carbons (Fsp3) is 0.538. The standard InChI is InChI=1S/C13H19NO2/c1-9(2)11(5-6-14)10-3-4-12-13(7-10)16-8-15-12/h3-4,7,9,11H,5-6,8,14H2,1-2H3. The molecule has 3 nitrogen and oxygen atoms in total. The van der Waals surface area contributed by atoms with Crippen molar-refractivity contribution in [2.24, 2.45) is 11.7 Å². The number of rotatable bonds is 4. The highest BCUT2D eigenvalue weighted by Gasteiger charge is 2.19. The van der Waals surface area contributed by atoms with Crippen LogP contribution in [0.5, 0.6) is 11.5 Å². The Balaban J connectivity index is 2.24. The van der Waals surface area contributed by atoms with Gasteiger partial charge in [-0.1, -0.05) is 19.9 Å². The zero-order valence-electron chi connectivity index (χ0n) is 9.90. The lowest BCUT2D eigenvalue weighted by molar-refractivity contribution is 0.174. The molecule has 1 heterocycles. The molecule has 1 unspecified atom stereocenters. The summed E-state index contributed by atoms with van der Waals surface area (Å²) in [6.07, 6.45) is 1.01. The van der Waals surface area contributed by atoms with E-state index in [0.29, 0.717) is 18.6 Å². The first-order valence-electron chi connectivity index (χ1n) is 5.82. The van der Waals surface area contributed by atoms with Crippen molar-refractivity contribution in [1.82, 2.24) is 0 Å². The summed E-state index contributed by atoms with van der Waals surface area (Å²) in [5.41, 5.74) is 6.96. The summed E-state index contributed by atoms with van der Waals surface area (Å²) in [7, 11) is 0. The lowest BCUT2D eigenvalue weighted by Gasteiger charge is -2.20. The fourth-order valence-corrected chi connectivity index (χ4v) is 2.21. The van der Waals surface area contributed by atoms with Gasteiger partial charge in [0.05, 0.1) is 0 Å². The normalized spacial score (nSPS) is 15.5. The van der Waals surface area contributed by atoms with Crippen LogP contribution in [0.15, 0.2) is 18.2 Å². The van der Waals surface area contributed by atoms with Crippen LogP contribution in [0.1, 0.15) is 31.7 Å².